The maximum absolute atomic E-state index is 13.5. The molecule has 9 nitrogen and oxygen atoms in total. The summed E-state index contributed by atoms with van der Waals surface area (Å²) in [4.78, 5) is 39.1. The number of halogens is 3. The quantitative estimate of drug-likeness (QED) is 0.575. The van der Waals surface area contributed by atoms with Gasteiger partial charge < -0.3 is 29.7 Å². The number of aliphatic carboxylic acids is 1. The highest BCUT2D eigenvalue weighted by Crippen LogP contribution is 2.37. The van der Waals surface area contributed by atoms with Crippen molar-refractivity contribution in [1.29, 1.82) is 0 Å². The third-order valence-corrected chi connectivity index (χ3v) is 5.33. The lowest BCUT2D eigenvalue weighted by molar-refractivity contribution is -0.139. The molecule has 0 aliphatic carbocycles. The first-order chi connectivity index (χ1) is 17.2. The Morgan fingerprint density at radius 3 is 2.14 bits per heavy atom. The van der Waals surface area contributed by atoms with Crippen molar-refractivity contribution >= 4 is 29.3 Å². The number of hydrogen-bond donors (Lipinski definition) is 2. The number of carbonyl (C=O) groups excluding carboxylic acids is 2. The second kappa shape index (κ2) is 11.0. The molecule has 1 fully saturated rings. The fourth-order valence-corrected chi connectivity index (χ4v) is 3.59. The van der Waals surface area contributed by atoms with Crippen molar-refractivity contribution in [3.8, 4) is 5.75 Å². The Kier molecular flexibility index (Phi) is 8.19. The summed E-state index contributed by atoms with van der Waals surface area (Å²) in [7, 11) is 0. The molecular formula is C25H28F3N3O6. The maximum Gasteiger partial charge on any atom is 0.418 e. The summed E-state index contributed by atoms with van der Waals surface area (Å²) in [5, 5.41) is 10.9. The number of nitrogens with zero attached hydrogens (tertiary/aromatic N) is 2. The smallest absolute Gasteiger partial charge is 0.418 e. The lowest BCUT2D eigenvalue weighted by Crippen LogP contribution is -2.50. The molecule has 0 bridgehead atoms. The van der Waals surface area contributed by atoms with Crippen molar-refractivity contribution in [1.82, 2.24) is 4.90 Å². The molecule has 2 N–H and O–H groups in total. The molecule has 2 amide bonds. The van der Waals surface area contributed by atoms with E-state index in [4.69, 9.17) is 14.6 Å². The van der Waals surface area contributed by atoms with Gasteiger partial charge >= 0.3 is 18.2 Å². The number of nitrogens with one attached hydrogen (secondary N) is 1. The molecule has 1 saturated heterocycles. The molecule has 12 heteroatoms. The molecule has 0 radical (unpaired) electrons. The summed E-state index contributed by atoms with van der Waals surface area (Å²) in [6.07, 6.45) is -5.19. The van der Waals surface area contributed by atoms with Gasteiger partial charge in [-0.25, -0.2) is 9.59 Å². The molecule has 0 atom stereocenters. The number of benzene rings is 2. The SMILES string of the molecule is CC(C)(C)OC(=O)N1CCN(c2ccc(C(=O)Nc3ccc(OCC(=O)O)cc3C(F)(F)F)cc2)CC1. The van der Waals surface area contributed by atoms with Crippen LogP contribution in [0.2, 0.25) is 0 Å². The number of alkyl halides is 3. The first-order valence-electron chi connectivity index (χ1n) is 11.4. The van der Waals surface area contributed by atoms with Crippen LogP contribution in [0.1, 0.15) is 36.7 Å². The highest BCUT2D eigenvalue weighted by Gasteiger charge is 2.35. The minimum atomic E-state index is -4.81. The molecule has 1 aliphatic rings. The molecule has 1 aliphatic heterocycles. The Bertz CT molecular complexity index is 1140. The first-order valence-corrected chi connectivity index (χ1v) is 11.4. The van der Waals surface area contributed by atoms with E-state index < -0.39 is 41.5 Å². The topological polar surface area (TPSA) is 108 Å². The van der Waals surface area contributed by atoms with Crippen molar-refractivity contribution in [2.45, 2.75) is 32.5 Å². The van der Waals surface area contributed by atoms with Gasteiger partial charge in [0.05, 0.1) is 11.3 Å². The van der Waals surface area contributed by atoms with E-state index in [1.165, 1.54) is 12.1 Å². The largest absolute Gasteiger partial charge is 0.482 e. The van der Waals surface area contributed by atoms with Crippen LogP contribution < -0.4 is 15.0 Å². The zero-order chi connectivity index (χ0) is 27.4. The molecule has 0 spiro atoms. The second-order valence-corrected chi connectivity index (χ2v) is 9.34. The van der Waals surface area contributed by atoms with Crippen LogP contribution in [-0.2, 0) is 15.7 Å². The number of piperazine rings is 1. The summed E-state index contributed by atoms with van der Waals surface area (Å²) < 4.78 is 50.8. The summed E-state index contributed by atoms with van der Waals surface area (Å²) in [5.74, 6) is -2.37. The summed E-state index contributed by atoms with van der Waals surface area (Å²) in [5.41, 5.74) is -1.28. The number of carboxylic acid groups (broad SMARTS) is 1. The van der Waals surface area contributed by atoms with Gasteiger partial charge in [-0.1, -0.05) is 0 Å². The first kappa shape index (κ1) is 27.6. The molecule has 0 aromatic heterocycles. The van der Waals surface area contributed by atoms with E-state index in [2.05, 4.69) is 5.32 Å². The van der Waals surface area contributed by atoms with Gasteiger partial charge in [0.1, 0.15) is 11.4 Å². The lowest BCUT2D eigenvalue weighted by Gasteiger charge is -2.36. The van der Waals surface area contributed by atoms with Gasteiger partial charge in [0.25, 0.3) is 5.91 Å². The normalized spacial score (nSPS) is 14.2. The number of amides is 2. The number of rotatable bonds is 6. The van der Waals surface area contributed by atoms with E-state index in [-0.39, 0.29) is 17.4 Å². The third-order valence-electron chi connectivity index (χ3n) is 5.33. The number of hydrogen-bond acceptors (Lipinski definition) is 6. The molecule has 200 valence electrons. The fourth-order valence-electron chi connectivity index (χ4n) is 3.59. The van der Waals surface area contributed by atoms with E-state index in [0.29, 0.717) is 32.2 Å². The van der Waals surface area contributed by atoms with E-state index >= 15 is 0 Å². The van der Waals surface area contributed by atoms with Crippen LogP contribution in [0.5, 0.6) is 5.75 Å². The molecule has 0 saturated carbocycles. The molecule has 0 unspecified atom stereocenters. The van der Waals surface area contributed by atoms with Gasteiger partial charge in [-0.15, -0.1) is 0 Å². The van der Waals surface area contributed by atoms with E-state index in [1.807, 2.05) is 4.90 Å². The predicted molar refractivity (Wildman–Crippen MR) is 129 cm³/mol. The van der Waals surface area contributed by atoms with E-state index in [1.54, 1.807) is 37.8 Å². The van der Waals surface area contributed by atoms with Gasteiger partial charge in [0.15, 0.2) is 6.61 Å². The average molecular weight is 524 g/mol. The molecule has 37 heavy (non-hydrogen) atoms. The Morgan fingerprint density at radius 1 is 0.973 bits per heavy atom. The highest BCUT2D eigenvalue weighted by atomic mass is 19.4. The standard InChI is InChI=1S/C25H28F3N3O6/c1-24(2,3)37-23(35)31-12-10-30(11-13-31)17-6-4-16(5-7-17)22(34)29-20-9-8-18(36-15-21(32)33)14-19(20)25(26,27)28/h4-9,14H,10-13,15H2,1-3H3,(H,29,34)(H,32,33). The van der Waals surface area contributed by atoms with Gasteiger partial charge in [0, 0.05) is 37.4 Å². The molecule has 2 aromatic carbocycles. The number of anilines is 2. The van der Waals surface area contributed by atoms with Crippen LogP contribution >= 0.6 is 0 Å². The van der Waals surface area contributed by atoms with Crippen molar-refractivity contribution in [2.75, 3.05) is 43.0 Å². The van der Waals surface area contributed by atoms with Gasteiger partial charge in [0.2, 0.25) is 0 Å². The monoisotopic (exact) mass is 523 g/mol. The van der Waals surface area contributed by atoms with Crippen molar-refractivity contribution < 1.29 is 42.1 Å². The molecule has 2 aromatic rings. The Balaban J connectivity index is 1.64. The zero-order valence-corrected chi connectivity index (χ0v) is 20.6. The Morgan fingerprint density at radius 2 is 1.59 bits per heavy atom. The molecule has 1 heterocycles. The van der Waals surface area contributed by atoms with Crippen LogP contribution in [-0.4, -0.2) is 66.4 Å². The van der Waals surface area contributed by atoms with E-state index in [0.717, 1.165) is 17.8 Å². The van der Waals surface area contributed by atoms with Crippen molar-refractivity contribution in [3.63, 3.8) is 0 Å². The van der Waals surface area contributed by atoms with E-state index in [9.17, 15) is 27.6 Å². The molecular weight excluding hydrogens is 495 g/mol. The Labute approximate surface area is 211 Å². The van der Waals surface area contributed by atoms with Crippen molar-refractivity contribution in [3.05, 3.63) is 53.6 Å². The number of ether oxygens (including phenoxy) is 2. The zero-order valence-electron chi connectivity index (χ0n) is 20.6. The number of carbonyl (C=O) groups is 3. The van der Waals surface area contributed by atoms with Gasteiger partial charge in [-0.05, 0) is 63.2 Å². The summed E-state index contributed by atoms with van der Waals surface area (Å²) in [6.45, 7) is 6.63. The average Bonchev–Trinajstić information content (AvgIpc) is 2.81. The van der Waals surface area contributed by atoms with Crippen LogP contribution in [0, 0.1) is 0 Å². The second-order valence-electron chi connectivity index (χ2n) is 9.34. The maximum atomic E-state index is 13.5. The summed E-state index contributed by atoms with van der Waals surface area (Å²) >= 11 is 0. The minimum absolute atomic E-state index is 0.149. The molecule has 3 rings (SSSR count). The number of carboxylic acids is 1. The fraction of sp³-hybridized carbons (Fsp3) is 0.400. The minimum Gasteiger partial charge on any atom is -0.482 e. The van der Waals surface area contributed by atoms with Crippen LogP contribution in [0.3, 0.4) is 0 Å². The Hall–Kier alpha value is -3.96. The highest BCUT2D eigenvalue weighted by molar-refractivity contribution is 6.05. The van der Waals surface area contributed by atoms with Gasteiger partial charge in [-0.2, -0.15) is 13.2 Å². The van der Waals surface area contributed by atoms with Crippen LogP contribution in [0.15, 0.2) is 42.5 Å². The van der Waals surface area contributed by atoms with Crippen LogP contribution in [0.25, 0.3) is 0 Å². The van der Waals surface area contributed by atoms with Gasteiger partial charge in [-0.3, -0.25) is 4.79 Å². The third kappa shape index (κ3) is 7.76. The lowest BCUT2D eigenvalue weighted by atomic mass is 10.1. The summed E-state index contributed by atoms with van der Waals surface area (Å²) in [6, 6.07) is 9.17. The predicted octanol–water partition coefficient (Wildman–Crippen LogP) is 4.48. The van der Waals surface area contributed by atoms with Crippen LogP contribution in [0.4, 0.5) is 29.3 Å². The van der Waals surface area contributed by atoms with Crippen molar-refractivity contribution in [2.24, 2.45) is 0 Å².